The van der Waals surface area contributed by atoms with E-state index in [0.717, 1.165) is 30.0 Å². The molecule has 1 fully saturated rings. The number of carbonyl (C=O) groups is 1. The standard InChI is InChI=1S/C22H27ClN2O4S/c1-29-20-11-13-21(14-12-20)30(27,28)25(19-10-6-7-17(23)15-19)16-22(26)24-18-8-4-2-3-5-9-18/h6-7,10-15,18H,2-5,8-9,16H2,1H3,(H,24,26). The van der Waals surface area contributed by atoms with Gasteiger partial charge in [0, 0.05) is 11.1 Å². The Bertz CT molecular complexity index is 955. The predicted molar refractivity (Wildman–Crippen MR) is 119 cm³/mol. The molecule has 0 bridgehead atoms. The average Bonchev–Trinajstić information content (AvgIpc) is 3.00. The fourth-order valence-electron chi connectivity index (χ4n) is 3.65. The number of amides is 1. The third-order valence-corrected chi connectivity index (χ3v) is 7.27. The molecule has 162 valence electrons. The number of anilines is 1. The highest BCUT2D eigenvalue weighted by Gasteiger charge is 2.28. The van der Waals surface area contributed by atoms with Gasteiger partial charge in [0.1, 0.15) is 12.3 Å². The van der Waals surface area contributed by atoms with E-state index in [1.54, 1.807) is 36.4 Å². The molecule has 0 spiro atoms. The van der Waals surface area contributed by atoms with Crippen molar-refractivity contribution in [3.8, 4) is 5.75 Å². The summed E-state index contributed by atoms with van der Waals surface area (Å²) in [7, 11) is -2.47. The van der Waals surface area contributed by atoms with Gasteiger partial charge in [-0.3, -0.25) is 9.10 Å². The quantitative estimate of drug-likeness (QED) is 0.635. The highest BCUT2D eigenvalue weighted by Crippen LogP contribution is 2.27. The van der Waals surface area contributed by atoms with Crippen molar-refractivity contribution >= 4 is 33.2 Å². The Morgan fingerprint density at radius 3 is 2.37 bits per heavy atom. The molecule has 2 aromatic carbocycles. The van der Waals surface area contributed by atoms with Crippen molar-refractivity contribution in [1.29, 1.82) is 0 Å². The third kappa shape index (κ3) is 5.67. The van der Waals surface area contributed by atoms with Gasteiger partial charge in [0.2, 0.25) is 5.91 Å². The van der Waals surface area contributed by atoms with Crippen molar-refractivity contribution in [2.24, 2.45) is 0 Å². The van der Waals surface area contributed by atoms with Gasteiger partial charge < -0.3 is 10.1 Å². The molecular formula is C22H27ClN2O4S. The molecular weight excluding hydrogens is 424 g/mol. The summed E-state index contributed by atoms with van der Waals surface area (Å²) in [5.41, 5.74) is 0.342. The van der Waals surface area contributed by atoms with Gasteiger partial charge in [0.05, 0.1) is 17.7 Å². The number of nitrogens with zero attached hydrogens (tertiary/aromatic N) is 1. The van der Waals surface area contributed by atoms with E-state index in [4.69, 9.17) is 16.3 Å². The number of hydrogen-bond acceptors (Lipinski definition) is 4. The molecule has 0 aromatic heterocycles. The summed E-state index contributed by atoms with van der Waals surface area (Å²) in [6.07, 6.45) is 6.35. The van der Waals surface area contributed by atoms with Crippen LogP contribution >= 0.6 is 11.6 Å². The van der Waals surface area contributed by atoms with E-state index >= 15 is 0 Å². The van der Waals surface area contributed by atoms with E-state index < -0.39 is 10.0 Å². The number of rotatable bonds is 7. The molecule has 0 radical (unpaired) electrons. The van der Waals surface area contributed by atoms with Crippen LogP contribution in [0.2, 0.25) is 5.02 Å². The van der Waals surface area contributed by atoms with Crippen LogP contribution in [0.25, 0.3) is 0 Å². The minimum atomic E-state index is -3.98. The largest absolute Gasteiger partial charge is 0.497 e. The molecule has 0 heterocycles. The van der Waals surface area contributed by atoms with Crippen LogP contribution < -0.4 is 14.4 Å². The van der Waals surface area contributed by atoms with Gasteiger partial charge in [0.25, 0.3) is 10.0 Å². The SMILES string of the molecule is COc1ccc(S(=O)(=O)N(CC(=O)NC2CCCCCC2)c2cccc(Cl)c2)cc1. The summed E-state index contributed by atoms with van der Waals surface area (Å²) in [5.74, 6) is 0.230. The summed E-state index contributed by atoms with van der Waals surface area (Å²) < 4.78 is 33.0. The van der Waals surface area contributed by atoms with Gasteiger partial charge in [-0.15, -0.1) is 0 Å². The van der Waals surface area contributed by atoms with Crippen molar-refractivity contribution in [3.63, 3.8) is 0 Å². The lowest BCUT2D eigenvalue weighted by Crippen LogP contribution is -2.44. The van der Waals surface area contributed by atoms with E-state index in [1.807, 2.05) is 0 Å². The molecule has 0 saturated heterocycles. The molecule has 2 aromatic rings. The second-order valence-electron chi connectivity index (χ2n) is 7.42. The molecule has 3 rings (SSSR count). The lowest BCUT2D eigenvalue weighted by Gasteiger charge is -2.25. The van der Waals surface area contributed by atoms with Gasteiger partial charge in [-0.25, -0.2) is 8.42 Å². The minimum absolute atomic E-state index is 0.0746. The van der Waals surface area contributed by atoms with Crippen LogP contribution in [0.1, 0.15) is 38.5 Å². The molecule has 1 saturated carbocycles. The van der Waals surface area contributed by atoms with E-state index in [9.17, 15) is 13.2 Å². The normalized spacial score (nSPS) is 15.3. The van der Waals surface area contributed by atoms with Crippen LogP contribution in [0.15, 0.2) is 53.4 Å². The summed E-state index contributed by atoms with van der Waals surface area (Å²) in [4.78, 5) is 12.9. The zero-order valence-electron chi connectivity index (χ0n) is 17.0. The molecule has 30 heavy (non-hydrogen) atoms. The topological polar surface area (TPSA) is 75.7 Å². The summed E-state index contributed by atoms with van der Waals surface area (Å²) in [6, 6.07) is 12.7. The maximum absolute atomic E-state index is 13.4. The molecule has 1 aliphatic carbocycles. The Kier molecular flexibility index (Phi) is 7.61. The number of halogens is 1. The first-order chi connectivity index (χ1) is 14.4. The van der Waals surface area contributed by atoms with Crippen LogP contribution in [0.4, 0.5) is 5.69 Å². The molecule has 1 N–H and O–H groups in total. The molecule has 0 unspecified atom stereocenters. The summed E-state index contributed by atoms with van der Waals surface area (Å²) >= 11 is 6.10. The molecule has 1 aliphatic rings. The fraction of sp³-hybridized carbons (Fsp3) is 0.409. The van der Waals surface area contributed by atoms with Gasteiger partial charge in [-0.05, 0) is 55.3 Å². The highest BCUT2D eigenvalue weighted by atomic mass is 35.5. The lowest BCUT2D eigenvalue weighted by molar-refractivity contribution is -0.120. The Labute approximate surface area is 183 Å². The summed E-state index contributed by atoms with van der Waals surface area (Å²) in [5, 5.41) is 3.41. The molecule has 0 atom stereocenters. The monoisotopic (exact) mass is 450 g/mol. The lowest BCUT2D eigenvalue weighted by atomic mass is 10.1. The Balaban J connectivity index is 1.87. The van der Waals surface area contributed by atoms with Crippen LogP contribution in [0, 0.1) is 0 Å². The van der Waals surface area contributed by atoms with Crippen LogP contribution in [0.3, 0.4) is 0 Å². The average molecular weight is 451 g/mol. The number of nitrogens with one attached hydrogen (secondary N) is 1. The second kappa shape index (κ2) is 10.2. The van der Waals surface area contributed by atoms with Gasteiger partial charge in [0.15, 0.2) is 0 Å². The number of sulfonamides is 1. The highest BCUT2D eigenvalue weighted by molar-refractivity contribution is 7.92. The Hall–Kier alpha value is -2.25. The van der Waals surface area contributed by atoms with Crippen molar-refractivity contribution in [1.82, 2.24) is 5.32 Å². The third-order valence-electron chi connectivity index (χ3n) is 5.25. The van der Waals surface area contributed by atoms with E-state index in [-0.39, 0.29) is 23.4 Å². The van der Waals surface area contributed by atoms with Crippen LogP contribution in [-0.2, 0) is 14.8 Å². The number of methoxy groups -OCH3 is 1. The Morgan fingerprint density at radius 1 is 1.10 bits per heavy atom. The first kappa shape index (κ1) is 22.4. The van der Waals surface area contributed by atoms with Gasteiger partial charge in [-0.1, -0.05) is 43.4 Å². The number of benzene rings is 2. The van der Waals surface area contributed by atoms with E-state index in [1.165, 1.54) is 32.1 Å². The first-order valence-corrected chi connectivity index (χ1v) is 11.9. The van der Waals surface area contributed by atoms with E-state index in [2.05, 4.69) is 5.32 Å². The van der Waals surface area contributed by atoms with Crippen molar-refractivity contribution < 1.29 is 17.9 Å². The Morgan fingerprint density at radius 2 is 1.77 bits per heavy atom. The maximum Gasteiger partial charge on any atom is 0.264 e. The predicted octanol–water partition coefficient (Wildman–Crippen LogP) is 4.38. The zero-order chi connectivity index (χ0) is 21.6. The van der Waals surface area contributed by atoms with Crippen molar-refractivity contribution in [2.75, 3.05) is 18.0 Å². The van der Waals surface area contributed by atoms with Crippen molar-refractivity contribution in [2.45, 2.75) is 49.5 Å². The van der Waals surface area contributed by atoms with Crippen LogP contribution in [0.5, 0.6) is 5.75 Å². The molecule has 8 heteroatoms. The second-order valence-corrected chi connectivity index (χ2v) is 9.72. The number of ether oxygens (including phenoxy) is 1. The van der Waals surface area contributed by atoms with E-state index in [0.29, 0.717) is 16.5 Å². The first-order valence-electron chi connectivity index (χ1n) is 10.1. The van der Waals surface area contributed by atoms with Gasteiger partial charge >= 0.3 is 0 Å². The number of carbonyl (C=O) groups excluding carboxylic acids is 1. The maximum atomic E-state index is 13.4. The van der Waals surface area contributed by atoms with Gasteiger partial charge in [-0.2, -0.15) is 0 Å². The van der Waals surface area contributed by atoms with Crippen molar-refractivity contribution in [3.05, 3.63) is 53.6 Å². The zero-order valence-corrected chi connectivity index (χ0v) is 18.6. The fourth-order valence-corrected chi connectivity index (χ4v) is 5.25. The molecule has 0 aliphatic heterocycles. The number of hydrogen-bond donors (Lipinski definition) is 1. The minimum Gasteiger partial charge on any atom is -0.497 e. The smallest absolute Gasteiger partial charge is 0.264 e. The van der Waals surface area contributed by atoms with Crippen LogP contribution in [-0.4, -0.2) is 34.0 Å². The molecule has 1 amide bonds. The molecule has 6 nitrogen and oxygen atoms in total. The summed E-state index contributed by atoms with van der Waals surface area (Å²) in [6.45, 7) is -0.314.